The van der Waals surface area contributed by atoms with Crippen LogP contribution in [-0.2, 0) is 0 Å². The van der Waals surface area contributed by atoms with E-state index >= 15 is 0 Å². The molecular formula is C13H12Br2N2O. The highest BCUT2D eigenvalue weighted by Crippen LogP contribution is 2.29. The molecule has 1 heterocycles. The molecule has 18 heavy (non-hydrogen) atoms. The largest absolute Gasteiger partial charge is 0.496 e. The van der Waals surface area contributed by atoms with Gasteiger partial charge in [-0.05, 0) is 68.6 Å². The Balaban J connectivity index is 2.26. The van der Waals surface area contributed by atoms with Gasteiger partial charge < -0.3 is 10.1 Å². The van der Waals surface area contributed by atoms with E-state index in [9.17, 15) is 0 Å². The molecule has 0 saturated heterocycles. The van der Waals surface area contributed by atoms with Crippen molar-refractivity contribution in [2.75, 3.05) is 12.4 Å². The van der Waals surface area contributed by atoms with Gasteiger partial charge in [-0.1, -0.05) is 0 Å². The van der Waals surface area contributed by atoms with Crippen LogP contribution in [0, 0.1) is 6.92 Å². The molecule has 0 fully saturated rings. The highest BCUT2D eigenvalue weighted by atomic mass is 79.9. The Hall–Kier alpha value is -1.07. The summed E-state index contributed by atoms with van der Waals surface area (Å²) in [5.74, 6) is 1.65. The van der Waals surface area contributed by atoms with E-state index < -0.39 is 0 Å². The van der Waals surface area contributed by atoms with E-state index in [1.54, 1.807) is 13.3 Å². The minimum atomic E-state index is 0.807. The topological polar surface area (TPSA) is 34.1 Å². The number of anilines is 2. The number of nitrogens with zero attached hydrogens (tertiary/aromatic N) is 1. The lowest BCUT2D eigenvalue weighted by atomic mass is 10.2. The summed E-state index contributed by atoms with van der Waals surface area (Å²) in [5.41, 5.74) is 2.04. The number of nitrogens with one attached hydrogen (secondary N) is 1. The Labute approximate surface area is 123 Å². The first-order valence-electron chi connectivity index (χ1n) is 5.33. The maximum absolute atomic E-state index is 5.19. The van der Waals surface area contributed by atoms with Crippen molar-refractivity contribution in [3.8, 4) is 5.75 Å². The van der Waals surface area contributed by atoms with Crippen molar-refractivity contribution in [3.05, 3.63) is 45.0 Å². The van der Waals surface area contributed by atoms with E-state index in [-0.39, 0.29) is 0 Å². The molecule has 94 valence electrons. The maximum Gasteiger partial charge on any atom is 0.133 e. The Bertz CT molecular complexity index is 573. The maximum atomic E-state index is 5.19. The molecule has 5 heteroatoms. The number of aromatic nitrogens is 1. The first-order valence-corrected chi connectivity index (χ1v) is 6.91. The molecule has 0 aliphatic carbocycles. The van der Waals surface area contributed by atoms with Gasteiger partial charge in [0.2, 0.25) is 0 Å². The van der Waals surface area contributed by atoms with E-state index in [1.807, 2.05) is 31.2 Å². The molecule has 0 spiro atoms. The van der Waals surface area contributed by atoms with Gasteiger partial charge in [0.25, 0.3) is 0 Å². The van der Waals surface area contributed by atoms with E-state index in [2.05, 4.69) is 42.2 Å². The third kappa shape index (κ3) is 3.03. The van der Waals surface area contributed by atoms with Crippen molar-refractivity contribution in [2.24, 2.45) is 0 Å². The summed E-state index contributed by atoms with van der Waals surface area (Å²) in [5, 5.41) is 3.27. The molecule has 3 nitrogen and oxygen atoms in total. The number of hydrogen-bond donors (Lipinski definition) is 1. The minimum absolute atomic E-state index is 0.807. The molecule has 2 aromatic rings. The predicted octanol–water partition coefficient (Wildman–Crippen LogP) is 4.67. The lowest BCUT2D eigenvalue weighted by Crippen LogP contribution is -1.96. The van der Waals surface area contributed by atoms with E-state index in [1.165, 1.54) is 0 Å². The summed E-state index contributed by atoms with van der Waals surface area (Å²) < 4.78 is 7.07. The molecule has 1 N–H and O–H groups in total. The van der Waals surface area contributed by atoms with Crippen molar-refractivity contribution in [2.45, 2.75) is 6.92 Å². The van der Waals surface area contributed by atoms with E-state index in [4.69, 9.17) is 4.74 Å². The fraction of sp³-hybridized carbons (Fsp3) is 0.154. The number of benzene rings is 1. The molecule has 0 bridgehead atoms. The second-order valence-corrected chi connectivity index (χ2v) is 5.56. The molecule has 0 aliphatic heterocycles. The number of hydrogen-bond acceptors (Lipinski definition) is 3. The van der Waals surface area contributed by atoms with E-state index in [0.29, 0.717) is 0 Å². The van der Waals surface area contributed by atoms with Crippen LogP contribution in [0.2, 0.25) is 0 Å². The summed E-state index contributed by atoms with van der Waals surface area (Å²) in [7, 11) is 1.65. The lowest BCUT2D eigenvalue weighted by Gasteiger charge is -2.10. The van der Waals surface area contributed by atoms with Gasteiger partial charge in [0.15, 0.2) is 0 Å². The van der Waals surface area contributed by atoms with Crippen LogP contribution in [0.25, 0.3) is 0 Å². The summed E-state index contributed by atoms with van der Waals surface area (Å²) in [6, 6.07) is 7.84. The van der Waals surface area contributed by atoms with Crippen molar-refractivity contribution in [1.29, 1.82) is 0 Å². The summed E-state index contributed by atoms with van der Waals surface area (Å²) in [6.07, 6.45) is 1.77. The zero-order valence-corrected chi connectivity index (χ0v) is 13.2. The zero-order valence-electron chi connectivity index (χ0n) is 10.00. The molecule has 1 aromatic heterocycles. The summed E-state index contributed by atoms with van der Waals surface area (Å²) in [4.78, 5) is 4.34. The number of aryl methyl sites for hydroxylation is 1. The second-order valence-electron chi connectivity index (χ2n) is 3.79. The number of halogens is 2. The first-order chi connectivity index (χ1) is 8.60. The SMILES string of the molecule is COc1ccc(Nc2ncc(Br)cc2C)cc1Br. The van der Waals surface area contributed by atoms with Crippen LogP contribution < -0.4 is 10.1 Å². The molecule has 0 amide bonds. The average Bonchev–Trinajstić information content (AvgIpc) is 2.33. The molecular weight excluding hydrogens is 360 g/mol. The normalized spacial score (nSPS) is 10.2. The molecule has 0 aliphatic rings. The lowest BCUT2D eigenvalue weighted by molar-refractivity contribution is 0.412. The molecule has 0 unspecified atom stereocenters. The van der Waals surface area contributed by atoms with Crippen molar-refractivity contribution < 1.29 is 4.74 Å². The Morgan fingerprint density at radius 1 is 1.22 bits per heavy atom. The van der Waals surface area contributed by atoms with Crippen molar-refractivity contribution in [3.63, 3.8) is 0 Å². The molecule has 2 rings (SSSR count). The van der Waals surface area contributed by atoms with Gasteiger partial charge in [0.05, 0.1) is 11.6 Å². The number of rotatable bonds is 3. The van der Waals surface area contributed by atoms with Gasteiger partial charge in [-0.15, -0.1) is 0 Å². The molecule has 0 radical (unpaired) electrons. The fourth-order valence-corrected chi connectivity index (χ4v) is 2.54. The second kappa shape index (κ2) is 5.71. The van der Waals surface area contributed by atoms with Crippen LogP contribution in [0.5, 0.6) is 5.75 Å². The van der Waals surface area contributed by atoms with E-state index in [0.717, 1.165) is 31.8 Å². The average molecular weight is 372 g/mol. The van der Waals surface area contributed by atoms with Crippen molar-refractivity contribution in [1.82, 2.24) is 4.98 Å². The van der Waals surface area contributed by atoms with Gasteiger partial charge >= 0.3 is 0 Å². The van der Waals surface area contributed by atoms with Gasteiger partial charge in [-0.25, -0.2) is 4.98 Å². The first kappa shape index (κ1) is 13.4. The van der Waals surface area contributed by atoms with Gasteiger partial charge in [0, 0.05) is 16.4 Å². The Morgan fingerprint density at radius 2 is 2.00 bits per heavy atom. The van der Waals surface area contributed by atoms with Crippen LogP contribution >= 0.6 is 31.9 Å². The molecule has 0 saturated carbocycles. The Kier molecular flexibility index (Phi) is 4.24. The Morgan fingerprint density at radius 3 is 2.61 bits per heavy atom. The molecule has 0 atom stereocenters. The summed E-state index contributed by atoms with van der Waals surface area (Å²) in [6.45, 7) is 2.01. The summed E-state index contributed by atoms with van der Waals surface area (Å²) >= 11 is 6.86. The van der Waals surface area contributed by atoms with Gasteiger partial charge in [-0.3, -0.25) is 0 Å². The van der Waals surface area contributed by atoms with Crippen LogP contribution in [-0.4, -0.2) is 12.1 Å². The third-order valence-corrected chi connectivity index (χ3v) is 3.51. The van der Waals surface area contributed by atoms with Crippen LogP contribution in [0.15, 0.2) is 39.4 Å². The number of ether oxygens (including phenoxy) is 1. The highest BCUT2D eigenvalue weighted by Gasteiger charge is 2.04. The monoisotopic (exact) mass is 370 g/mol. The van der Waals surface area contributed by atoms with Crippen LogP contribution in [0.4, 0.5) is 11.5 Å². The molecule has 1 aromatic carbocycles. The quantitative estimate of drug-likeness (QED) is 0.851. The number of pyridine rings is 1. The van der Waals surface area contributed by atoms with Crippen molar-refractivity contribution >= 4 is 43.4 Å². The fourth-order valence-electron chi connectivity index (χ4n) is 1.55. The third-order valence-electron chi connectivity index (χ3n) is 2.46. The van der Waals surface area contributed by atoms with Gasteiger partial charge in [0.1, 0.15) is 11.6 Å². The standard InChI is InChI=1S/C13H12Br2N2O/c1-8-5-9(14)7-16-13(8)17-10-3-4-12(18-2)11(15)6-10/h3-7H,1-2H3,(H,16,17). The van der Waals surface area contributed by atoms with Crippen LogP contribution in [0.1, 0.15) is 5.56 Å². The highest BCUT2D eigenvalue weighted by molar-refractivity contribution is 9.10. The minimum Gasteiger partial charge on any atom is -0.496 e. The smallest absolute Gasteiger partial charge is 0.133 e. The number of methoxy groups -OCH3 is 1. The predicted molar refractivity (Wildman–Crippen MR) is 80.7 cm³/mol. The van der Waals surface area contributed by atoms with Crippen LogP contribution in [0.3, 0.4) is 0 Å². The van der Waals surface area contributed by atoms with Gasteiger partial charge in [-0.2, -0.15) is 0 Å². The zero-order chi connectivity index (χ0) is 13.1.